The minimum Gasteiger partial charge on any atom is -0.468 e. The van der Waals surface area contributed by atoms with E-state index in [1.165, 1.54) is 19.1 Å². The number of nitrogens with zero attached hydrogens (tertiary/aromatic N) is 4. The van der Waals surface area contributed by atoms with E-state index in [-0.39, 0.29) is 18.1 Å². The van der Waals surface area contributed by atoms with Gasteiger partial charge >= 0.3 is 5.97 Å². The van der Waals surface area contributed by atoms with E-state index in [2.05, 4.69) is 60.1 Å². The van der Waals surface area contributed by atoms with Gasteiger partial charge in [-0.3, -0.25) is 4.79 Å². The zero-order chi connectivity index (χ0) is 25.1. The van der Waals surface area contributed by atoms with Crippen molar-refractivity contribution in [2.75, 3.05) is 25.1 Å². The fourth-order valence-electron chi connectivity index (χ4n) is 4.70. The van der Waals surface area contributed by atoms with Crippen LogP contribution in [0.2, 0.25) is 0 Å². The summed E-state index contributed by atoms with van der Waals surface area (Å²) in [5.74, 6) is 0.0803. The Labute approximate surface area is 211 Å². The molecule has 2 heterocycles. The first-order valence-corrected chi connectivity index (χ1v) is 12.3. The Bertz CT molecular complexity index is 1370. The highest BCUT2D eigenvalue weighted by Crippen LogP contribution is 2.38. The van der Waals surface area contributed by atoms with E-state index in [1.54, 1.807) is 11.1 Å². The third-order valence-corrected chi connectivity index (χ3v) is 6.98. The molecular formula is C29H31N5O2+2. The number of hydrogen-bond acceptors (Lipinski definition) is 6. The van der Waals surface area contributed by atoms with Crippen LogP contribution in [0.15, 0.2) is 66.9 Å². The molecule has 1 aliphatic rings. The van der Waals surface area contributed by atoms with Gasteiger partial charge in [-0.25, -0.2) is 9.97 Å². The molecule has 36 heavy (non-hydrogen) atoms. The van der Waals surface area contributed by atoms with Gasteiger partial charge in [0.05, 0.1) is 26.3 Å². The fourth-order valence-corrected chi connectivity index (χ4v) is 4.70. The van der Waals surface area contributed by atoms with Gasteiger partial charge < -0.3 is 15.4 Å². The minimum atomic E-state index is -0.352. The summed E-state index contributed by atoms with van der Waals surface area (Å²) in [6.45, 7) is 4.50. The van der Waals surface area contributed by atoms with Crippen molar-refractivity contribution >= 4 is 23.0 Å². The van der Waals surface area contributed by atoms with Gasteiger partial charge in [0.25, 0.3) is 0 Å². The van der Waals surface area contributed by atoms with Gasteiger partial charge in [0.15, 0.2) is 5.65 Å². The molecule has 1 aliphatic carbocycles. The lowest BCUT2D eigenvalue weighted by Gasteiger charge is -2.34. The Morgan fingerprint density at radius 2 is 1.83 bits per heavy atom. The number of rotatable bonds is 8. The third kappa shape index (κ3) is 4.62. The molecule has 7 nitrogen and oxygen atoms in total. The van der Waals surface area contributed by atoms with Crippen molar-refractivity contribution in [1.29, 1.82) is 0 Å². The second-order valence-electron chi connectivity index (χ2n) is 9.40. The number of carbonyl (C=O) groups excluding carboxylic acids is 1. The van der Waals surface area contributed by atoms with Gasteiger partial charge in [-0.1, -0.05) is 54.6 Å². The number of ether oxygens (including phenoxy) is 1. The first kappa shape index (κ1) is 23.8. The van der Waals surface area contributed by atoms with Gasteiger partial charge in [0, 0.05) is 41.1 Å². The van der Waals surface area contributed by atoms with E-state index in [1.807, 2.05) is 18.2 Å². The normalized spacial score (nSPS) is 14.3. The Hall–Kier alpha value is -3.97. The molecule has 0 bridgehead atoms. The first-order valence-electron chi connectivity index (χ1n) is 12.3. The molecule has 2 aromatic carbocycles. The van der Waals surface area contributed by atoms with Crippen LogP contribution in [0.1, 0.15) is 31.2 Å². The minimum absolute atomic E-state index is 0.0387. The summed E-state index contributed by atoms with van der Waals surface area (Å²) in [6, 6.07) is 20.9. The maximum Gasteiger partial charge on any atom is 0.325 e. The summed E-state index contributed by atoms with van der Waals surface area (Å²) < 4.78 is 4.85. The van der Waals surface area contributed by atoms with E-state index < -0.39 is 0 Å². The number of anilines is 1. The van der Waals surface area contributed by atoms with Crippen LogP contribution in [-0.4, -0.2) is 41.1 Å². The zero-order valence-electron chi connectivity index (χ0n) is 20.6. The molecule has 7 heteroatoms. The van der Waals surface area contributed by atoms with Crippen molar-refractivity contribution in [1.82, 2.24) is 15.0 Å². The van der Waals surface area contributed by atoms with Gasteiger partial charge in [-0.15, -0.1) is 0 Å². The smallest absolute Gasteiger partial charge is 0.325 e. The lowest BCUT2D eigenvalue weighted by molar-refractivity contribution is -0.509. The highest BCUT2D eigenvalue weighted by Gasteiger charge is 2.38. The highest BCUT2D eigenvalue weighted by molar-refractivity contribution is 5.90. The van der Waals surface area contributed by atoms with Crippen LogP contribution in [0, 0.1) is 6.92 Å². The zero-order valence-corrected chi connectivity index (χ0v) is 20.6. The van der Waals surface area contributed by atoms with Crippen molar-refractivity contribution in [2.24, 2.45) is 0 Å². The predicted octanol–water partition coefficient (Wildman–Crippen LogP) is 4.18. The second kappa shape index (κ2) is 9.95. The van der Waals surface area contributed by atoms with Crippen molar-refractivity contribution in [3.63, 3.8) is 0 Å². The average molecular weight is 482 g/mol. The summed E-state index contributed by atoms with van der Waals surface area (Å²) in [6.07, 6.45) is 5.86. The summed E-state index contributed by atoms with van der Waals surface area (Å²) >= 11 is 0. The summed E-state index contributed by atoms with van der Waals surface area (Å²) in [5, 5.41) is 0.830. The van der Waals surface area contributed by atoms with Crippen LogP contribution in [0.3, 0.4) is 0 Å². The summed E-state index contributed by atoms with van der Waals surface area (Å²) in [7, 11) is 1.37. The van der Waals surface area contributed by atoms with Gasteiger partial charge in [-0.2, -0.15) is 4.98 Å². The number of benzene rings is 2. The molecular weight excluding hydrogens is 450 g/mol. The molecule has 182 valence electrons. The Balaban J connectivity index is 1.61. The molecule has 2 aromatic heterocycles. The van der Waals surface area contributed by atoms with Gasteiger partial charge in [0.2, 0.25) is 5.95 Å². The molecule has 1 fully saturated rings. The Kier molecular flexibility index (Phi) is 6.57. The Morgan fingerprint density at radius 1 is 1.08 bits per heavy atom. The molecule has 0 unspecified atom stereocenters. The molecule has 1 saturated carbocycles. The van der Waals surface area contributed by atoms with Crippen molar-refractivity contribution in [3.8, 4) is 22.4 Å². The second-order valence-corrected chi connectivity index (χ2v) is 9.40. The van der Waals surface area contributed by atoms with E-state index in [9.17, 15) is 4.79 Å². The molecule has 5 rings (SSSR count). The number of esters is 1. The molecule has 0 amide bonds. The van der Waals surface area contributed by atoms with Crippen molar-refractivity contribution in [2.45, 2.75) is 31.2 Å². The number of carbonyl (C=O) groups is 1. The lowest BCUT2D eigenvalue weighted by Crippen LogP contribution is -2.73. The summed E-state index contributed by atoms with van der Waals surface area (Å²) in [5.41, 5.74) is 10.3. The molecule has 0 radical (unpaired) electrons. The molecule has 3 N–H and O–H groups in total. The van der Waals surface area contributed by atoms with Gasteiger partial charge in [0.1, 0.15) is 18.5 Å². The number of fused-ring (bicyclic) bond motifs is 1. The standard InChI is InChI=1S/C29H30N5O2/c1-3-16-34(19-25(35)36-2)28-31-18-22-17-24(20-8-5-4-6-9-20)26(32-27(22)33-28)21-10-12-23(13-11-21)29(30)14-7-15-29/h4-6,8-13,17-18H,1,3,7,14-16,19,30H2,2H3/q+1/p+1. The number of methoxy groups -OCH3 is 1. The Morgan fingerprint density at radius 3 is 2.47 bits per heavy atom. The lowest BCUT2D eigenvalue weighted by atomic mass is 9.72. The number of quaternary nitrogens is 1. The molecule has 4 aromatic rings. The van der Waals surface area contributed by atoms with E-state index in [4.69, 9.17) is 14.7 Å². The number of hydrogen-bond donors (Lipinski definition) is 1. The largest absolute Gasteiger partial charge is 0.468 e. The maximum atomic E-state index is 11.9. The van der Waals surface area contributed by atoms with Crippen LogP contribution >= 0.6 is 0 Å². The maximum absolute atomic E-state index is 11.9. The van der Waals surface area contributed by atoms with Crippen LogP contribution < -0.4 is 10.6 Å². The van der Waals surface area contributed by atoms with Crippen LogP contribution in [0.25, 0.3) is 33.4 Å². The van der Waals surface area contributed by atoms with E-state index >= 15 is 0 Å². The third-order valence-electron chi connectivity index (χ3n) is 6.98. The SMILES string of the molecule is [CH2+]CCN(CC(=O)OC)c1ncc2cc(-c3ccccc3)c(-c3ccc(C4([NH3+])CCC4)cc3)nc2n1. The predicted molar refractivity (Wildman–Crippen MR) is 141 cm³/mol. The molecule has 0 saturated heterocycles. The number of aromatic nitrogens is 3. The molecule has 0 spiro atoms. The van der Waals surface area contributed by atoms with E-state index in [0.717, 1.165) is 40.6 Å². The summed E-state index contributed by atoms with van der Waals surface area (Å²) in [4.78, 5) is 28.0. The number of pyridine rings is 1. The van der Waals surface area contributed by atoms with Crippen molar-refractivity contribution in [3.05, 3.63) is 79.3 Å². The van der Waals surface area contributed by atoms with Gasteiger partial charge in [-0.05, 0) is 18.1 Å². The van der Waals surface area contributed by atoms with E-state index in [0.29, 0.717) is 24.6 Å². The van der Waals surface area contributed by atoms with Crippen molar-refractivity contribution < 1.29 is 15.3 Å². The molecule has 0 atom stereocenters. The quantitative estimate of drug-likeness (QED) is 0.300. The highest BCUT2D eigenvalue weighted by atomic mass is 16.5. The average Bonchev–Trinajstić information content (AvgIpc) is 2.91. The van der Waals surface area contributed by atoms with Crippen LogP contribution in [0.4, 0.5) is 5.95 Å². The topological polar surface area (TPSA) is 95.9 Å². The monoisotopic (exact) mass is 481 g/mol. The first-order chi connectivity index (χ1) is 17.5. The van der Waals surface area contributed by atoms with Crippen LogP contribution in [-0.2, 0) is 15.1 Å². The van der Waals surface area contributed by atoms with Crippen LogP contribution in [0.5, 0.6) is 0 Å². The fraction of sp³-hybridized carbons (Fsp3) is 0.276. The molecule has 0 aliphatic heterocycles.